The molecule has 4 N–H and O–H groups in total. The maximum atomic E-state index is 13.0. The summed E-state index contributed by atoms with van der Waals surface area (Å²) in [5.41, 5.74) is -2.43. The average Bonchev–Trinajstić information content (AvgIpc) is 3.47. The van der Waals surface area contributed by atoms with Crippen molar-refractivity contribution in [2.75, 3.05) is 13.2 Å². The second-order valence-corrected chi connectivity index (χ2v) is 11.4. The van der Waals surface area contributed by atoms with Crippen molar-refractivity contribution in [3.8, 4) is 0 Å². The third kappa shape index (κ3) is 8.43. The molecular formula is C22H34N3NaO8S. The Bertz CT molecular complexity index is 912. The summed E-state index contributed by atoms with van der Waals surface area (Å²) in [6, 6.07) is -2.58. The van der Waals surface area contributed by atoms with E-state index in [-0.39, 0.29) is 66.7 Å². The third-order valence-corrected chi connectivity index (χ3v) is 7.75. The second-order valence-electron chi connectivity index (χ2n) is 9.98. The number of carbonyl (C=O) groups is 3. The minimum atomic E-state index is -5.16. The first-order chi connectivity index (χ1) is 15.9. The number of nitrogens with one attached hydrogen (secondary N) is 3. The van der Waals surface area contributed by atoms with Gasteiger partial charge < -0.3 is 30.3 Å². The van der Waals surface area contributed by atoms with E-state index < -0.39 is 45.6 Å². The minimum Gasteiger partial charge on any atom is -0.746 e. The smallest absolute Gasteiger partial charge is 0.746 e. The summed E-state index contributed by atoms with van der Waals surface area (Å²) in [6.45, 7) is 4.30. The van der Waals surface area contributed by atoms with Crippen LogP contribution < -0.4 is 45.5 Å². The van der Waals surface area contributed by atoms with Crippen molar-refractivity contribution in [3.63, 3.8) is 0 Å². The standard InChI is InChI=1S/C22H35N3O8S.Na/c1-12(2)7-17(25-22(29)33-11-16-9-13-3-4-14(16)8-13)20(27)24-18(21(28)34(30,31)32)10-15-5-6-23-19(15)26;/h3-4,12-18,21,28H,5-11H2,1-2H3,(H,23,26)(H,24,27)(H,25,29)(H,30,31,32);/q;+1/p-1/t13?,14?,15-,16?,17-,18-,21?;/m0./s1. The number of alkyl carbamates (subject to hydrolysis) is 1. The fraction of sp³-hybridized carbons (Fsp3) is 0.773. The molecule has 3 aliphatic rings. The number of rotatable bonds is 11. The van der Waals surface area contributed by atoms with Crippen molar-refractivity contribution in [3.05, 3.63) is 12.2 Å². The molecule has 13 heteroatoms. The number of carbonyl (C=O) groups excluding carboxylic acids is 3. The van der Waals surface area contributed by atoms with E-state index in [1.165, 1.54) is 0 Å². The summed E-state index contributed by atoms with van der Waals surface area (Å²) in [4.78, 5) is 37.3. The summed E-state index contributed by atoms with van der Waals surface area (Å²) in [6.07, 6.45) is 5.97. The Balaban J connectivity index is 0.00000432. The molecule has 35 heavy (non-hydrogen) atoms. The maximum absolute atomic E-state index is 13.0. The number of ether oxygens (including phenoxy) is 1. The van der Waals surface area contributed by atoms with Crippen LogP contribution in [0.2, 0.25) is 0 Å². The monoisotopic (exact) mass is 523 g/mol. The van der Waals surface area contributed by atoms with Gasteiger partial charge in [0, 0.05) is 18.4 Å². The molecule has 7 atom stereocenters. The number of aliphatic hydroxyl groups is 1. The van der Waals surface area contributed by atoms with Crippen molar-refractivity contribution in [2.24, 2.45) is 29.6 Å². The van der Waals surface area contributed by atoms with Crippen LogP contribution in [0.4, 0.5) is 4.79 Å². The molecule has 0 aromatic rings. The van der Waals surface area contributed by atoms with Crippen LogP contribution in [-0.2, 0) is 24.4 Å². The molecule has 3 amide bonds. The number of aliphatic hydroxyl groups excluding tert-OH is 1. The summed E-state index contributed by atoms with van der Waals surface area (Å²) in [5.74, 6) is -0.596. The van der Waals surface area contributed by atoms with Gasteiger partial charge in [-0.3, -0.25) is 9.59 Å². The molecule has 0 radical (unpaired) electrons. The van der Waals surface area contributed by atoms with Crippen LogP contribution in [0.1, 0.15) is 46.0 Å². The number of amides is 3. The molecule has 1 saturated carbocycles. The van der Waals surface area contributed by atoms with E-state index in [1.54, 1.807) is 0 Å². The molecule has 1 saturated heterocycles. The molecule has 192 valence electrons. The fourth-order valence-electron chi connectivity index (χ4n) is 5.06. The maximum Gasteiger partial charge on any atom is 1.00 e. The van der Waals surface area contributed by atoms with Crippen LogP contribution in [0, 0.1) is 29.6 Å². The second kappa shape index (κ2) is 12.9. The van der Waals surface area contributed by atoms with Gasteiger partial charge in [0.25, 0.3) is 0 Å². The Morgan fingerprint density at radius 1 is 1.26 bits per heavy atom. The van der Waals surface area contributed by atoms with Crippen LogP contribution in [0.25, 0.3) is 0 Å². The van der Waals surface area contributed by atoms with Crippen LogP contribution in [-0.4, -0.2) is 66.7 Å². The molecule has 11 nitrogen and oxygen atoms in total. The zero-order valence-corrected chi connectivity index (χ0v) is 23.3. The van der Waals surface area contributed by atoms with Gasteiger partial charge in [-0.1, -0.05) is 26.0 Å². The summed E-state index contributed by atoms with van der Waals surface area (Å²) >= 11 is 0. The zero-order chi connectivity index (χ0) is 25.0. The zero-order valence-electron chi connectivity index (χ0n) is 20.4. The predicted octanol–water partition coefficient (Wildman–Crippen LogP) is -2.78. The van der Waals surface area contributed by atoms with E-state index in [9.17, 15) is 32.5 Å². The van der Waals surface area contributed by atoms with E-state index in [4.69, 9.17) is 4.74 Å². The SMILES string of the molecule is CC(C)C[C@H](NC(=O)OCC1CC2C=CC1C2)C(=O)N[C@@H](C[C@@H]1CCNC1=O)C(O)S(=O)(=O)[O-].[Na+]. The molecule has 2 bridgehead atoms. The molecular weight excluding hydrogens is 489 g/mol. The van der Waals surface area contributed by atoms with Crippen molar-refractivity contribution < 1.29 is 66.8 Å². The van der Waals surface area contributed by atoms with Gasteiger partial charge in [0.05, 0.1) is 12.6 Å². The Morgan fingerprint density at radius 2 is 1.97 bits per heavy atom. The van der Waals surface area contributed by atoms with Crippen molar-refractivity contribution >= 4 is 28.0 Å². The summed E-state index contributed by atoms with van der Waals surface area (Å²) in [5, 5.41) is 17.6. The van der Waals surface area contributed by atoms with Gasteiger partial charge in [-0.2, -0.15) is 0 Å². The quantitative estimate of drug-likeness (QED) is 0.128. The molecule has 0 aromatic heterocycles. The van der Waals surface area contributed by atoms with Gasteiger partial charge in [-0.15, -0.1) is 0 Å². The summed E-state index contributed by atoms with van der Waals surface area (Å²) < 4.78 is 39.7. The fourth-order valence-corrected chi connectivity index (χ4v) is 5.64. The van der Waals surface area contributed by atoms with Crippen LogP contribution in [0.5, 0.6) is 0 Å². The predicted molar refractivity (Wildman–Crippen MR) is 120 cm³/mol. The molecule has 0 spiro atoms. The van der Waals surface area contributed by atoms with Crippen molar-refractivity contribution in [2.45, 2.75) is 63.5 Å². The van der Waals surface area contributed by atoms with E-state index in [0.29, 0.717) is 24.8 Å². The first kappa shape index (κ1) is 30.0. The van der Waals surface area contributed by atoms with Gasteiger partial charge in [-0.25, -0.2) is 13.2 Å². The largest absolute Gasteiger partial charge is 1.00 e. The molecule has 0 aromatic carbocycles. The first-order valence-corrected chi connectivity index (χ1v) is 13.2. The molecule has 2 fully saturated rings. The van der Waals surface area contributed by atoms with Crippen LogP contribution in [0.3, 0.4) is 0 Å². The number of fused-ring (bicyclic) bond motifs is 2. The Morgan fingerprint density at radius 3 is 2.49 bits per heavy atom. The molecule has 1 aliphatic heterocycles. The molecule has 2 aliphatic carbocycles. The summed E-state index contributed by atoms with van der Waals surface area (Å²) in [7, 11) is -5.16. The number of allylic oxidation sites excluding steroid dienone is 2. The van der Waals surface area contributed by atoms with Crippen LogP contribution >= 0.6 is 0 Å². The molecule has 1 heterocycles. The average molecular weight is 524 g/mol. The van der Waals surface area contributed by atoms with E-state index in [0.717, 1.165) is 12.8 Å². The minimum absolute atomic E-state index is 0. The van der Waals surface area contributed by atoms with E-state index in [1.807, 2.05) is 13.8 Å². The number of hydrogen-bond donors (Lipinski definition) is 4. The third-order valence-electron chi connectivity index (χ3n) is 6.83. The molecule has 3 rings (SSSR count). The van der Waals surface area contributed by atoms with Gasteiger partial charge in [0.1, 0.15) is 16.2 Å². The number of hydrogen-bond acceptors (Lipinski definition) is 8. The van der Waals surface area contributed by atoms with Gasteiger partial charge in [0.15, 0.2) is 5.44 Å². The van der Waals surface area contributed by atoms with E-state index in [2.05, 4.69) is 28.1 Å². The Kier molecular flexibility index (Phi) is 11.0. The first-order valence-electron chi connectivity index (χ1n) is 11.8. The Labute approximate surface area is 228 Å². The Hall–Kier alpha value is -1.18. The van der Waals surface area contributed by atoms with Gasteiger partial charge in [-0.05, 0) is 49.9 Å². The van der Waals surface area contributed by atoms with Gasteiger partial charge >= 0.3 is 35.7 Å². The van der Waals surface area contributed by atoms with Crippen LogP contribution in [0.15, 0.2) is 12.2 Å². The topological polar surface area (TPSA) is 174 Å². The molecule has 4 unspecified atom stereocenters. The van der Waals surface area contributed by atoms with E-state index >= 15 is 0 Å². The van der Waals surface area contributed by atoms with Gasteiger partial charge in [0.2, 0.25) is 11.8 Å². The van der Waals surface area contributed by atoms with Crippen molar-refractivity contribution in [1.82, 2.24) is 16.0 Å². The van der Waals surface area contributed by atoms with Crippen molar-refractivity contribution in [1.29, 1.82) is 0 Å². The normalized spacial score (nSPS) is 27.6.